The van der Waals surface area contributed by atoms with Crippen molar-refractivity contribution in [3.05, 3.63) is 29.8 Å². The monoisotopic (exact) mass is 204 g/mol. The van der Waals surface area contributed by atoms with Crippen molar-refractivity contribution in [3.63, 3.8) is 0 Å². The van der Waals surface area contributed by atoms with E-state index >= 15 is 0 Å². The van der Waals surface area contributed by atoms with Gasteiger partial charge in [0.15, 0.2) is 0 Å². The largest absolute Gasteiger partial charge is 0.399 e. The van der Waals surface area contributed by atoms with Gasteiger partial charge in [-0.25, -0.2) is 0 Å². The molecule has 1 saturated heterocycles. The summed E-state index contributed by atoms with van der Waals surface area (Å²) in [5.41, 5.74) is 7.91. The van der Waals surface area contributed by atoms with E-state index in [4.69, 9.17) is 5.73 Å². The predicted molar refractivity (Wildman–Crippen MR) is 64.8 cm³/mol. The fourth-order valence-corrected chi connectivity index (χ4v) is 2.20. The highest BCUT2D eigenvalue weighted by Gasteiger charge is 2.11. The second-order valence-corrected chi connectivity index (χ2v) is 4.43. The summed E-state index contributed by atoms with van der Waals surface area (Å²) in [6.07, 6.45) is 6.49. The number of aryl methyl sites for hydroxylation is 1. The smallest absolute Gasteiger partial charge is 0.0314 e. The number of nitrogens with one attached hydrogen (secondary N) is 1. The van der Waals surface area contributed by atoms with Gasteiger partial charge in [-0.1, -0.05) is 18.6 Å². The van der Waals surface area contributed by atoms with E-state index in [1.165, 1.54) is 37.8 Å². The molecule has 2 nitrogen and oxygen atoms in total. The van der Waals surface area contributed by atoms with Crippen LogP contribution in [0.5, 0.6) is 0 Å². The van der Waals surface area contributed by atoms with E-state index in [1.807, 2.05) is 12.1 Å². The van der Waals surface area contributed by atoms with Gasteiger partial charge in [-0.3, -0.25) is 0 Å². The Labute approximate surface area is 91.9 Å². The Morgan fingerprint density at radius 3 is 2.67 bits per heavy atom. The first-order chi connectivity index (χ1) is 7.34. The molecule has 0 aromatic heterocycles. The zero-order valence-electron chi connectivity index (χ0n) is 9.21. The molecule has 1 aliphatic heterocycles. The second-order valence-electron chi connectivity index (χ2n) is 4.43. The van der Waals surface area contributed by atoms with E-state index in [9.17, 15) is 0 Å². The van der Waals surface area contributed by atoms with Crippen LogP contribution in [-0.2, 0) is 6.42 Å². The minimum absolute atomic E-state index is 0.733. The Morgan fingerprint density at radius 1 is 1.20 bits per heavy atom. The van der Waals surface area contributed by atoms with Crippen LogP contribution >= 0.6 is 0 Å². The summed E-state index contributed by atoms with van der Waals surface area (Å²) in [6.45, 7) is 1.20. The van der Waals surface area contributed by atoms with Crippen molar-refractivity contribution in [3.8, 4) is 0 Å². The van der Waals surface area contributed by atoms with Crippen LogP contribution in [0.3, 0.4) is 0 Å². The van der Waals surface area contributed by atoms with E-state index in [1.54, 1.807) is 0 Å². The van der Waals surface area contributed by atoms with Gasteiger partial charge in [0, 0.05) is 11.7 Å². The molecule has 15 heavy (non-hydrogen) atoms. The minimum atomic E-state index is 0.733. The molecular weight excluding hydrogens is 184 g/mol. The van der Waals surface area contributed by atoms with Crippen LogP contribution in [0.15, 0.2) is 24.3 Å². The van der Waals surface area contributed by atoms with E-state index in [0.29, 0.717) is 0 Å². The highest BCUT2D eigenvalue weighted by molar-refractivity contribution is 5.39. The van der Waals surface area contributed by atoms with Gasteiger partial charge in [-0.15, -0.1) is 0 Å². The lowest BCUT2D eigenvalue weighted by Gasteiger charge is -2.23. The third-order valence-corrected chi connectivity index (χ3v) is 3.17. The van der Waals surface area contributed by atoms with Crippen molar-refractivity contribution in [2.24, 2.45) is 0 Å². The lowest BCUT2D eigenvalue weighted by molar-refractivity contribution is 0.383. The predicted octanol–water partition coefficient (Wildman–Crippen LogP) is 2.34. The van der Waals surface area contributed by atoms with Gasteiger partial charge in [-0.2, -0.15) is 0 Å². The van der Waals surface area contributed by atoms with Gasteiger partial charge in [0.05, 0.1) is 0 Å². The third-order valence-electron chi connectivity index (χ3n) is 3.17. The molecular formula is C13H20N2. The SMILES string of the molecule is Nc1ccc(CCC2CCCCN2)cc1. The molecule has 0 spiro atoms. The zero-order chi connectivity index (χ0) is 10.5. The Bertz CT molecular complexity index is 286. The molecule has 2 heteroatoms. The molecule has 1 heterocycles. The Hall–Kier alpha value is -1.02. The molecule has 1 aromatic rings. The summed E-state index contributed by atoms with van der Waals surface area (Å²) in [5.74, 6) is 0. The molecule has 1 fully saturated rings. The lowest BCUT2D eigenvalue weighted by Crippen LogP contribution is -2.34. The highest BCUT2D eigenvalue weighted by atomic mass is 14.9. The number of rotatable bonds is 3. The van der Waals surface area contributed by atoms with Crippen LogP contribution in [0.1, 0.15) is 31.2 Å². The number of nitrogen functional groups attached to an aromatic ring is 1. The molecule has 1 atom stereocenters. The first kappa shape index (κ1) is 10.5. The van der Waals surface area contributed by atoms with Crippen LogP contribution in [0.2, 0.25) is 0 Å². The topological polar surface area (TPSA) is 38.0 Å². The summed E-state index contributed by atoms with van der Waals surface area (Å²) >= 11 is 0. The standard InChI is InChI=1S/C13H20N2/c14-12-7-4-11(5-8-12)6-9-13-3-1-2-10-15-13/h4-5,7-8,13,15H,1-3,6,9-10,14H2. The van der Waals surface area contributed by atoms with Crippen molar-refractivity contribution in [1.29, 1.82) is 0 Å². The molecule has 1 aromatic carbocycles. The number of piperidine rings is 1. The summed E-state index contributed by atoms with van der Waals surface area (Å²) in [5, 5.41) is 3.58. The maximum absolute atomic E-state index is 5.65. The van der Waals surface area contributed by atoms with Crippen molar-refractivity contribution in [1.82, 2.24) is 5.32 Å². The average molecular weight is 204 g/mol. The number of nitrogens with two attached hydrogens (primary N) is 1. The van der Waals surface area contributed by atoms with Crippen LogP contribution in [0, 0.1) is 0 Å². The van der Waals surface area contributed by atoms with Crippen molar-refractivity contribution >= 4 is 5.69 Å². The lowest BCUT2D eigenvalue weighted by atomic mass is 9.98. The first-order valence-corrected chi connectivity index (χ1v) is 5.92. The molecule has 3 N–H and O–H groups in total. The summed E-state index contributed by atoms with van der Waals surface area (Å²) in [6, 6.07) is 8.99. The van der Waals surface area contributed by atoms with Gasteiger partial charge in [0.25, 0.3) is 0 Å². The Balaban J connectivity index is 1.79. The van der Waals surface area contributed by atoms with Crippen LogP contribution in [-0.4, -0.2) is 12.6 Å². The number of benzene rings is 1. The maximum Gasteiger partial charge on any atom is 0.0314 e. The van der Waals surface area contributed by atoms with Gasteiger partial charge in [0.1, 0.15) is 0 Å². The maximum atomic E-state index is 5.65. The normalized spacial score (nSPS) is 21.5. The molecule has 0 radical (unpaired) electrons. The number of anilines is 1. The molecule has 0 bridgehead atoms. The van der Waals surface area contributed by atoms with Crippen LogP contribution < -0.4 is 11.1 Å². The van der Waals surface area contributed by atoms with Crippen molar-refractivity contribution in [2.45, 2.75) is 38.1 Å². The Kier molecular flexibility index (Phi) is 3.62. The van der Waals surface area contributed by atoms with E-state index in [2.05, 4.69) is 17.4 Å². The molecule has 1 aliphatic rings. The Morgan fingerprint density at radius 2 is 2.00 bits per heavy atom. The number of hydrogen-bond acceptors (Lipinski definition) is 2. The van der Waals surface area contributed by atoms with Crippen molar-refractivity contribution in [2.75, 3.05) is 12.3 Å². The van der Waals surface area contributed by atoms with Crippen LogP contribution in [0.25, 0.3) is 0 Å². The first-order valence-electron chi connectivity index (χ1n) is 5.92. The molecule has 0 saturated carbocycles. The summed E-state index contributed by atoms with van der Waals surface area (Å²) in [4.78, 5) is 0. The minimum Gasteiger partial charge on any atom is -0.399 e. The fourth-order valence-electron chi connectivity index (χ4n) is 2.20. The van der Waals surface area contributed by atoms with Gasteiger partial charge in [-0.05, 0) is 49.9 Å². The zero-order valence-corrected chi connectivity index (χ0v) is 9.21. The van der Waals surface area contributed by atoms with E-state index in [-0.39, 0.29) is 0 Å². The molecule has 2 rings (SSSR count). The van der Waals surface area contributed by atoms with E-state index < -0.39 is 0 Å². The summed E-state index contributed by atoms with van der Waals surface area (Å²) in [7, 11) is 0. The van der Waals surface area contributed by atoms with Gasteiger partial charge in [0.2, 0.25) is 0 Å². The molecule has 0 aliphatic carbocycles. The summed E-state index contributed by atoms with van der Waals surface area (Å²) < 4.78 is 0. The second kappa shape index (κ2) is 5.17. The number of hydrogen-bond donors (Lipinski definition) is 2. The quantitative estimate of drug-likeness (QED) is 0.742. The average Bonchev–Trinajstić information content (AvgIpc) is 2.30. The van der Waals surface area contributed by atoms with E-state index in [0.717, 1.165) is 18.2 Å². The van der Waals surface area contributed by atoms with Crippen LogP contribution in [0.4, 0.5) is 5.69 Å². The molecule has 1 unspecified atom stereocenters. The van der Waals surface area contributed by atoms with Gasteiger partial charge >= 0.3 is 0 Å². The fraction of sp³-hybridized carbons (Fsp3) is 0.538. The highest BCUT2D eigenvalue weighted by Crippen LogP contribution is 2.14. The van der Waals surface area contributed by atoms with Crippen molar-refractivity contribution < 1.29 is 0 Å². The molecule has 0 amide bonds. The molecule has 82 valence electrons. The third kappa shape index (κ3) is 3.24. The van der Waals surface area contributed by atoms with Gasteiger partial charge < -0.3 is 11.1 Å².